The van der Waals surface area contributed by atoms with Crippen molar-refractivity contribution < 1.29 is 5.11 Å². The first-order valence-corrected chi connectivity index (χ1v) is 11.2. The van der Waals surface area contributed by atoms with Crippen LogP contribution in [0, 0.1) is 0 Å². The molecule has 0 saturated carbocycles. The molecule has 23 heavy (non-hydrogen) atoms. The first kappa shape index (κ1) is 16.2. The van der Waals surface area contributed by atoms with Crippen molar-refractivity contribution in [2.75, 3.05) is 0 Å². The quantitative estimate of drug-likeness (QED) is 0.673. The van der Waals surface area contributed by atoms with Gasteiger partial charge in [0.25, 0.3) is 0 Å². The topological polar surface area (TPSA) is 20.2 Å². The highest BCUT2D eigenvalue weighted by Gasteiger charge is 2.41. The molecule has 0 spiro atoms. The van der Waals surface area contributed by atoms with Crippen LogP contribution in [0.25, 0.3) is 0 Å². The standard InChI is InChI=1S/C21H26OSi/c1-17-11-9-10-16-20(17)21(22)23(2,18-12-5-3-6-13-18)19-14-7-4-8-15-19/h3-8,12-15,21-22H,9-11,16H2,1-2H3/t21-/m1/s1. The number of allylic oxidation sites excluding steroid dienone is 1. The fourth-order valence-electron chi connectivity index (χ4n) is 3.85. The second kappa shape index (κ2) is 6.86. The summed E-state index contributed by atoms with van der Waals surface area (Å²) in [5.74, 6) is 0. The molecule has 0 fully saturated rings. The fourth-order valence-corrected chi connectivity index (χ4v) is 7.67. The lowest BCUT2D eigenvalue weighted by Gasteiger charge is -2.37. The van der Waals surface area contributed by atoms with Gasteiger partial charge in [0.05, 0.1) is 5.73 Å². The second-order valence-corrected chi connectivity index (χ2v) is 11.0. The van der Waals surface area contributed by atoms with E-state index >= 15 is 0 Å². The van der Waals surface area contributed by atoms with Crippen LogP contribution in [0.2, 0.25) is 6.55 Å². The number of hydrogen-bond acceptors (Lipinski definition) is 1. The molecule has 2 aromatic carbocycles. The van der Waals surface area contributed by atoms with Gasteiger partial charge in [-0.1, -0.05) is 83.2 Å². The maximum Gasteiger partial charge on any atom is 0.150 e. The lowest BCUT2D eigenvalue weighted by Crippen LogP contribution is -2.65. The molecule has 1 atom stereocenters. The molecule has 120 valence electrons. The minimum absolute atomic E-state index is 0.340. The average molecular weight is 323 g/mol. The van der Waals surface area contributed by atoms with Gasteiger partial charge in [0.1, 0.15) is 0 Å². The van der Waals surface area contributed by atoms with Gasteiger partial charge in [0.2, 0.25) is 0 Å². The van der Waals surface area contributed by atoms with Gasteiger partial charge in [-0.3, -0.25) is 0 Å². The van der Waals surface area contributed by atoms with Crippen LogP contribution < -0.4 is 10.4 Å². The highest BCUT2D eigenvalue weighted by atomic mass is 28.3. The van der Waals surface area contributed by atoms with Gasteiger partial charge < -0.3 is 5.11 Å². The Balaban J connectivity index is 2.13. The van der Waals surface area contributed by atoms with Crippen LogP contribution in [0.15, 0.2) is 71.8 Å². The van der Waals surface area contributed by atoms with Crippen molar-refractivity contribution in [3.8, 4) is 0 Å². The molecule has 1 aliphatic carbocycles. The van der Waals surface area contributed by atoms with E-state index in [4.69, 9.17) is 0 Å². The normalized spacial score (nSPS) is 17.2. The molecule has 3 rings (SSSR count). The summed E-state index contributed by atoms with van der Waals surface area (Å²) in [7, 11) is -2.24. The Labute approximate surface area is 140 Å². The predicted octanol–water partition coefficient (Wildman–Crippen LogP) is 3.67. The third-order valence-corrected chi connectivity index (χ3v) is 9.93. The minimum atomic E-state index is -2.24. The molecule has 0 amide bonds. The number of aliphatic hydroxyl groups excluding tert-OH is 1. The number of hydrogen-bond donors (Lipinski definition) is 1. The lowest BCUT2D eigenvalue weighted by atomic mass is 9.93. The maximum absolute atomic E-state index is 11.5. The van der Waals surface area contributed by atoms with E-state index in [1.165, 1.54) is 34.4 Å². The third kappa shape index (κ3) is 3.06. The molecule has 0 aliphatic heterocycles. The van der Waals surface area contributed by atoms with Crippen molar-refractivity contribution in [1.29, 1.82) is 0 Å². The zero-order valence-electron chi connectivity index (χ0n) is 14.1. The van der Waals surface area contributed by atoms with E-state index in [1.807, 2.05) is 0 Å². The summed E-state index contributed by atoms with van der Waals surface area (Å²) in [5, 5.41) is 14.1. The monoisotopic (exact) mass is 322 g/mol. The minimum Gasteiger partial charge on any atom is -0.391 e. The lowest BCUT2D eigenvalue weighted by molar-refractivity contribution is 0.271. The molecular weight excluding hydrogens is 296 g/mol. The number of rotatable bonds is 4. The third-order valence-electron chi connectivity index (χ3n) is 5.42. The molecule has 0 saturated heterocycles. The Morgan fingerprint density at radius 1 is 0.826 bits per heavy atom. The van der Waals surface area contributed by atoms with Gasteiger partial charge in [-0.05, 0) is 38.2 Å². The summed E-state index contributed by atoms with van der Waals surface area (Å²) in [6.07, 6.45) is 4.66. The van der Waals surface area contributed by atoms with Crippen LogP contribution in [-0.4, -0.2) is 18.9 Å². The SMILES string of the molecule is CC1=C([C@H](O)[Si](C)(c2ccccc2)c2ccccc2)CCCC1. The molecule has 2 aromatic rings. The average Bonchev–Trinajstić information content (AvgIpc) is 2.62. The van der Waals surface area contributed by atoms with Crippen LogP contribution in [-0.2, 0) is 0 Å². The van der Waals surface area contributed by atoms with E-state index < -0.39 is 8.07 Å². The van der Waals surface area contributed by atoms with E-state index in [0.29, 0.717) is 0 Å². The molecule has 1 nitrogen and oxygen atoms in total. The van der Waals surface area contributed by atoms with E-state index in [9.17, 15) is 5.11 Å². The summed E-state index contributed by atoms with van der Waals surface area (Å²) >= 11 is 0. The zero-order valence-corrected chi connectivity index (χ0v) is 15.1. The predicted molar refractivity (Wildman–Crippen MR) is 101 cm³/mol. The summed E-state index contributed by atoms with van der Waals surface area (Å²) in [5.41, 5.74) is 2.38. The molecule has 1 aliphatic rings. The summed E-state index contributed by atoms with van der Waals surface area (Å²) in [6.45, 7) is 4.53. The van der Waals surface area contributed by atoms with E-state index in [0.717, 1.165) is 12.8 Å². The maximum atomic E-state index is 11.5. The van der Waals surface area contributed by atoms with E-state index in [-0.39, 0.29) is 5.73 Å². The molecule has 2 heteroatoms. The molecule has 0 radical (unpaired) electrons. The number of aliphatic hydroxyl groups is 1. The van der Waals surface area contributed by atoms with Crippen LogP contribution in [0.4, 0.5) is 0 Å². The molecule has 0 aromatic heterocycles. The van der Waals surface area contributed by atoms with E-state index in [1.54, 1.807) is 0 Å². The van der Waals surface area contributed by atoms with Crippen molar-refractivity contribution in [3.05, 3.63) is 71.8 Å². The van der Waals surface area contributed by atoms with Gasteiger partial charge in [-0.2, -0.15) is 0 Å². The van der Waals surface area contributed by atoms with Gasteiger partial charge in [-0.15, -0.1) is 0 Å². The van der Waals surface area contributed by atoms with Crippen LogP contribution in [0.5, 0.6) is 0 Å². The Kier molecular flexibility index (Phi) is 4.84. The first-order chi connectivity index (χ1) is 11.1. The first-order valence-electron chi connectivity index (χ1n) is 8.61. The van der Waals surface area contributed by atoms with Crippen LogP contribution in [0.1, 0.15) is 32.6 Å². The van der Waals surface area contributed by atoms with Gasteiger partial charge in [0.15, 0.2) is 8.07 Å². The summed E-state index contributed by atoms with van der Waals surface area (Å²) in [6, 6.07) is 21.3. The van der Waals surface area contributed by atoms with Crippen molar-refractivity contribution in [3.63, 3.8) is 0 Å². The van der Waals surface area contributed by atoms with Crippen molar-refractivity contribution in [2.45, 2.75) is 44.9 Å². The largest absolute Gasteiger partial charge is 0.391 e. The van der Waals surface area contributed by atoms with E-state index in [2.05, 4.69) is 74.1 Å². The second-order valence-electron chi connectivity index (χ2n) is 6.85. The van der Waals surface area contributed by atoms with Crippen molar-refractivity contribution >= 4 is 18.4 Å². The highest BCUT2D eigenvalue weighted by Crippen LogP contribution is 2.30. The Morgan fingerprint density at radius 3 is 1.78 bits per heavy atom. The Bertz CT molecular complexity index is 636. The van der Waals surface area contributed by atoms with Crippen LogP contribution in [0.3, 0.4) is 0 Å². The van der Waals surface area contributed by atoms with Crippen molar-refractivity contribution in [2.24, 2.45) is 0 Å². The Hall–Kier alpha value is -1.64. The summed E-state index contributed by atoms with van der Waals surface area (Å²) < 4.78 is 0. The van der Waals surface area contributed by atoms with Crippen molar-refractivity contribution in [1.82, 2.24) is 0 Å². The van der Waals surface area contributed by atoms with Gasteiger partial charge >= 0.3 is 0 Å². The molecule has 0 bridgehead atoms. The molecule has 0 heterocycles. The van der Waals surface area contributed by atoms with Gasteiger partial charge in [0, 0.05) is 0 Å². The van der Waals surface area contributed by atoms with Crippen LogP contribution >= 0.6 is 0 Å². The smallest absolute Gasteiger partial charge is 0.150 e. The summed E-state index contributed by atoms with van der Waals surface area (Å²) in [4.78, 5) is 0. The zero-order chi connectivity index (χ0) is 16.3. The van der Waals surface area contributed by atoms with Gasteiger partial charge in [-0.25, -0.2) is 0 Å². The fraction of sp³-hybridized carbons (Fsp3) is 0.333. The molecule has 1 N–H and O–H groups in total. The molecule has 0 unspecified atom stereocenters. The Morgan fingerprint density at radius 2 is 1.30 bits per heavy atom. The highest BCUT2D eigenvalue weighted by molar-refractivity contribution is 7.02. The number of benzene rings is 2. The molecular formula is C21H26OSi.